The molecule has 0 atom stereocenters. The highest BCUT2D eigenvalue weighted by Crippen LogP contribution is 2.27. The Bertz CT molecular complexity index is 812. The fourth-order valence-corrected chi connectivity index (χ4v) is 2.79. The number of nitrogens with one attached hydrogen (secondary N) is 2. The van der Waals surface area contributed by atoms with Gasteiger partial charge in [0.25, 0.3) is 0 Å². The Morgan fingerprint density at radius 2 is 1.66 bits per heavy atom. The second-order valence-electron chi connectivity index (χ2n) is 6.26. The first-order valence-corrected chi connectivity index (χ1v) is 9.75. The van der Waals surface area contributed by atoms with Gasteiger partial charge in [0.2, 0.25) is 0 Å². The Hall–Kier alpha value is -2.96. The molecule has 7 heteroatoms. The fraction of sp³-hybridized carbons (Fsp3) is 0.409. The SMILES string of the molecule is CCNC(=NCc1ccc(OCC)c(F)c1)NCCc1ccc(OC)c(OC)c1. The molecule has 2 N–H and O–H groups in total. The van der Waals surface area contributed by atoms with Crippen molar-refractivity contribution in [2.75, 3.05) is 33.9 Å². The number of methoxy groups -OCH3 is 2. The maximum Gasteiger partial charge on any atom is 0.191 e. The normalized spacial score (nSPS) is 11.1. The average Bonchev–Trinajstić information content (AvgIpc) is 2.73. The van der Waals surface area contributed by atoms with Crippen LogP contribution in [0.4, 0.5) is 4.39 Å². The standard InChI is InChI=1S/C22H30FN3O3/c1-5-24-22(26-15-17-8-9-19(29-6-2)18(23)13-17)25-12-11-16-7-10-20(27-3)21(14-16)28-4/h7-10,13-14H,5-6,11-12,15H2,1-4H3,(H2,24,25,26). The van der Waals surface area contributed by atoms with Crippen LogP contribution in [-0.4, -0.2) is 39.9 Å². The quantitative estimate of drug-likeness (QED) is 0.469. The number of hydrogen-bond donors (Lipinski definition) is 2. The molecule has 0 bridgehead atoms. The van der Waals surface area contributed by atoms with E-state index < -0.39 is 0 Å². The highest BCUT2D eigenvalue weighted by Gasteiger charge is 2.06. The van der Waals surface area contributed by atoms with E-state index >= 15 is 0 Å². The van der Waals surface area contributed by atoms with Crippen LogP contribution >= 0.6 is 0 Å². The molecular formula is C22H30FN3O3. The topological polar surface area (TPSA) is 64.1 Å². The van der Waals surface area contributed by atoms with Crippen LogP contribution in [0.15, 0.2) is 41.4 Å². The lowest BCUT2D eigenvalue weighted by Crippen LogP contribution is -2.38. The monoisotopic (exact) mass is 403 g/mol. The molecule has 0 heterocycles. The van der Waals surface area contributed by atoms with Crippen LogP contribution in [0.1, 0.15) is 25.0 Å². The van der Waals surface area contributed by atoms with Crippen molar-refractivity contribution in [3.63, 3.8) is 0 Å². The number of ether oxygens (including phenoxy) is 3. The number of nitrogens with zero attached hydrogens (tertiary/aromatic N) is 1. The summed E-state index contributed by atoms with van der Waals surface area (Å²) in [6.07, 6.45) is 0.794. The third kappa shape index (κ3) is 6.85. The van der Waals surface area contributed by atoms with Gasteiger partial charge in [-0.25, -0.2) is 9.38 Å². The van der Waals surface area contributed by atoms with Crippen LogP contribution < -0.4 is 24.8 Å². The first-order chi connectivity index (χ1) is 14.1. The van der Waals surface area contributed by atoms with Gasteiger partial charge in [0.1, 0.15) is 0 Å². The van der Waals surface area contributed by atoms with E-state index in [1.165, 1.54) is 6.07 Å². The van der Waals surface area contributed by atoms with Crippen molar-refractivity contribution in [3.8, 4) is 17.2 Å². The third-order valence-electron chi connectivity index (χ3n) is 4.21. The molecule has 0 spiro atoms. The highest BCUT2D eigenvalue weighted by atomic mass is 19.1. The van der Waals surface area contributed by atoms with Crippen molar-refractivity contribution in [1.29, 1.82) is 0 Å². The summed E-state index contributed by atoms with van der Waals surface area (Å²) in [5.41, 5.74) is 1.91. The second kappa shape index (κ2) is 11.8. The van der Waals surface area contributed by atoms with Crippen LogP contribution in [-0.2, 0) is 13.0 Å². The smallest absolute Gasteiger partial charge is 0.191 e. The Morgan fingerprint density at radius 3 is 2.31 bits per heavy atom. The van der Waals surface area contributed by atoms with Crippen molar-refractivity contribution in [3.05, 3.63) is 53.3 Å². The third-order valence-corrected chi connectivity index (χ3v) is 4.21. The number of rotatable bonds is 10. The summed E-state index contributed by atoms with van der Waals surface area (Å²) in [4.78, 5) is 4.54. The number of guanidine groups is 1. The second-order valence-corrected chi connectivity index (χ2v) is 6.26. The summed E-state index contributed by atoms with van der Waals surface area (Å²) in [6.45, 7) is 6.06. The molecule has 0 aliphatic carbocycles. The van der Waals surface area contributed by atoms with Gasteiger partial charge in [0, 0.05) is 13.1 Å². The molecule has 29 heavy (non-hydrogen) atoms. The summed E-state index contributed by atoms with van der Waals surface area (Å²) in [5.74, 6) is 2.00. The lowest BCUT2D eigenvalue weighted by Gasteiger charge is -2.13. The summed E-state index contributed by atoms with van der Waals surface area (Å²) < 4.78 is 29.8. The molecular weight excluding hydrogens is 373 g/mol. The zero-order valence-electron chi connectivity index (χ0n) is 17.5. The van der Waals surface area contributed by atoms with Crippen molar-refractivity contribution >= 4 is 5.96 Å². The highest BCUT2D eigenvalue weighted by molar-refractivity contribution is 5.79. The van der Waals surface area contributed by atoms with Gasteiger partial charge in [-0.2, -0.15) is 0 Å². The minimum atomic E-state index is -0.369. The van der Waals surface area contributed by atoms with Gasteiger partial charge in [0.15, 0.2) is 29.0 Å². The molecule has 0 radical (unpaired) electrons. The summed E-state index contributed by atoms with van der Waals surface area (Å²) >= 11 is 0. The largest absolute Gasteiger partial charge is 0.493 e. The van der Waals surface area contributed by atoms with Crippen molar-refractivity contribution in [2.24, 2.45) is 4.99 Å². The predicted octanol–water partition coefficient (Wildman–Crippen LogP) is 3.54. The van der Waals surface area contributed by atoms with Crippen molar-refractivity contribution < 1.29 is 18.6 Å². The van der Waals surface area contributed by atoms with Crippen LogP contribution in [0, 0.1) is 5.82 Å². The lowest BCUT2D eigenvalue weighted by molar-refractivity contribution is 0.321. The number of halogens is 1. The van der Waals surface area contributed by atoms with E-state index in [9.17, 15) is 4.39 Å². The maximum atomic E-state index is 14.0. The molecule has 158 valence electrons. The zero-order valence-corrected chi connectivity index (χ0v) is 17.5. The summed E-state index contributed by atoms with van der Waals surface area (Å²) in [6, 6.07) is 10.8. The van der Waals surface area contributed by atoms with Crippen LogP contribution in [0.2, 0.25) is 0 Å². The number of benzene rings is 2. The van der Waals surface area contributed by atoms with E-state index in [0.29, 0.717) is 37.2 Å². The molecule has 0 fully saturated rings. The molecule has 2 aromatic rings. The van der Waals surface area contributed by atoms with Crippen molar-refractivity contribution in [1.82, 2.24) is 10.6 Å². The van der Waals surface area contributed by atoms with Gasteiger partial charge < -0.3 is 24.8 Å². The van der Waals surface area contributed by atoms with Gasteiger partial charge in [-0.15, -0.1) is 0 Å². The summed E-state index contributed by atoms with van der Waals surface area (Å²) in [5, 5.41) is 6.50. The van der Waals surface area contributed by atoms with Gasteiger partial charge in [-0.3, -0.25) is 0 Å². The van der Waals surface area contributed by atoms with Crippen LogP contribution in [0.25, 0.3) is 0 Å². The van der Waals surface area contributed by atoms with E-state index in [2.05, 4.69) is 15.6 Å². The zero-order chi connectivity index (χ0) is 21.1. The first-order valence-electron chi connectivity index (χ1n) is 9.75. The Kier molecular flexibility index (Phi) is 9.08. The molecule has 0 aromatic heterocycles. The maximum absolute atomic E-state index is 14.0. The number of aliphatic imine (C=N–C) groups is 1. The van der Waals surface area contributed by atoms with Crippen LogP contribution in [0.5, 0.6) is 17.2 Å². The molecule has 0 saturated heterocycles. The van der Waals surface area contributed by atoms with E-state index in [-0.39, 0.29) is 11.6 Å². The van der Waals surface area contributed by atoms with Gasteiger partial charge in [0.05, 0.1) is 27.4 Å². The molecule has 0 unspecified atom stereocenters. The molecule has 0 amide bonds. The van der Waals surface area contributed by atoms with Crippen LogP contribution in [0.3, 0.4) is 0 Å². The molecule has 0 aliphatic rings. The van der Waals surface area contributed by atoms with Crippen molar-refractivity contribution in [2.45, 2.75) is 26.8 Å². The minimum Gasteiger partial charge on any atom is -0.493 e. The first kappa shape index (κ1) is 22.3. The minimum absolute atomic E-state index is 0.264. The van der Waals surface area contributed by atoms with E-state index in [1.54, 1.807) is 20.3 Å². The molecule has 6 nitrogen and oxygen atoms in total. The van der Waals surface area contributed by atoms with E-state index in [4.69, 9.17) is 14.2 Å². The Labute approximate surface area is 172 Å². The lowest BCUT2D eigenvalue weighted by atomic mass is 10.1. The molecule has 0 saturated carbocycles. The molecule has 0 aliphatic heterocycles. The van der Waals surface area contributed by atoms with E-state index in [0.717, 1.165) is 24.1 Å². The Morgan fingerprint density at radius 1 is 0.931 bits per heavy atom. The fourth-order valence-electron chi connectivity index (χ4n) is 2.79. The molecule has 2 rings (SSSR count). The Balaban J connectivity index is 1.95. The predicted molar refractivity (Wildman–Crippen MR) is 114 cm³/mol. The molecule has 2 aromatic carbocycles. The average molecular weight is 403 g/mol. The van der Waals surface area contributed by atoms with Gasteiger partial charge in [-0.1, -0.05) is 12.1 Å². The van der Waals surface area contributed by atoms with Gasteiger partial charge >= 0.3 is 0 Å². The van der Waals surface area contributed by atoms with Gasteiger partial charge in [-0.05, 0) is 55.7 Å². The number of hydrogen-bond acceptors (Lipinski definition) is 4. The summed E-state index contributed by atoms with van der Waals surface area (Å²) in [7, 11) is 3.24. The van der Waals surface area contributed by atoms with E-state index in [1.807, 2.05) is 38.1 Å².